The molecule has 0 bridgehead atoms. The highest BCUT2D eigenvalue weighted by Crippen LogP contribution is 2.37. The summed E-state index contributed by atoms with van der Waals surface area (Å²) in [5, 5.41) is 4.73. The summed E-state index contributed by atoms with van der Waals surface area (Å²) in [6.45, 7) is 6.44. The fourth-order valence-corrected chi connectivity index (χ4v) is 4.35. The molecule has 3 aromatic rings. The van der Waals surface area contributed by atoms with Gasteiger partial charge in [0.05, 0.1) is 5.69 Å². The SMILES string of the molecule is CCCNC(=O)C(C)N(Cc1cccc(C)c1)C(=O)CN1C(=O)c2cccc3cccc1c23. The van der Waals surface area contributed by atoms with Crippen molar-refractivity contribution >= 4 is 34.2 Å². The zero-order chi connectivity index (χ0) is 23.5. The van der Waals surface area contributed by atoms with Crippen LogP contribution in [0.2, 0.25) is 0 Å². The van der Waals surface area contributed by atoms with Crippen LogP contribution in [0.1, 0.15) is 41.8 Å². The molecule has 1 aliphatic heterocycles. The number of carbonyl (C=O) groups excluding carboxylic acids is 3. The Morgan fingerprint density at radius 3 is 2.52 bits per heavy atom. The predicted molar refractivity (Wildman–Crippen MR) is 130 cm³/mol. The fraction of sp³-hybridized carbons (Fsp3) is 0.296. The summed E-state index contributed by atoms with van der Waals surface area (Å²) in [5.41, 5.74) is 3.37. The van der Waals surface area contributed by atoms with E-state index in [2.05, 4.69) is 5.32 Å². The van der Waals surface area contributed by atoms with Gasteiger partial charge in [0.25, 0.3) is 5.91 Å². The third-order valence-corrected chi connectivity index (χ3v) is 6.09. The molecule has 6 nitrogen and oxygen atoms in total. The van der Waals surface area contributed by atoms with Gasteiger partial charge in [-0.2, -0.15) is 0 Å². The normalized spacial score (nSPS) is 13.3. The maximum absolute atomic E-state index is 13.6. The number of aryl methyl sites for hydroxylation is 1. The molecule has 0 aliphatic carbocycles. The molecule has 0 fully saturated rings. The Morgan fingerprint density at radius 1 is 1.06 bits per heavy atom. The van der Waals surface area contributed by atoms with Crippen LogP contribution < -0.4 is 10.2 Å². The van der Waals surface area contributed by atoms with Gasteiger partial charge >= 0.3 is 0 Å². The molecule has 0 saturated heterocycles. The molecule has 0 aromatic heterocycles. The molecule has 1 N–H and O–H groups in total. The molecular formula is C27H29N3O3. The van der Waals surface area contributed by atoms with Crippen LogP contribution in [-0.4, -0.2) is 41.8 Å². The summed E-state index contributed by atoms with van der Waals surface area (Å²) >= 11 is 0. The number of anilines is 1. The van der Waals surface area contributed by atoms with E-state index in [0.29, 0.717) is 18.7 Å². The van der Waals surface area contributed by atoms with Crippen LogP contribution in [0.25, 0.3) is 10.8 Å². The third kappa shape index (κ3) is 4.46. The van der Waals surface area contributed by atoms with Gasteiger partial charge in [-0.25, -0.2) is 0 Å². The summed E-state index contributed by atoms with van der Waals surface area (Å²) < 4.78 is 0. The lowest BCUT2D eigenvalue weighted by molar-refractivity contribution is -0.139. The average molecular weight is 444 g/mol. The predicted octanol–water partition coefficient (Wildman–Crippen LogP) is 4.05. The lowest BCUT2D eigenvalue weighted by Gasteiger charge is -2.30. The molecule has 33 heavy (non-hydrogen) atoms. The highest BCUT2D eigenvalue weighted by Gasteiger charge is 2.34. The van der Waals surface area contributed by atoms with Crippen molar-refractivity contribution in [3.05, 3.63) is 77.4 Å². The first kappa shape index (κ1) is 22.5. The first-order valence-corrected chi connectivity index (χ1v) is 11.4. The second-order valence-electron chi connectivity index (χ2n) is 8.55. The fourth-order valence-electron chi connectivity index (χ4n) is 4.35. The van der Waals surface area contributed by atoms with Gasteiger partial charge in [-0.05, 0) is 43.4 Å². The van der Waals surface area contributed by atoms with Gasteiger partial charge in [0.2, 0.25) is 11.8 Å². The van der Waals surface area contributed by atoms with Crippen molar-refractivity contribution in [1.29, 1.82) is 0 Å². The van der Waals surface area contributed by atoms with Crippen LogP contribution in [0.15, 0.2) is 60.7 Å². The van der Waals surface area contributed by atoms with E-state index in [1.807, 2.05) is 68.4 Å². The van der Waals surface area contributed by atoms with E-state index in [0.717, 1.165) is 34.0 Å². The Balaban J connectivity index is 1.62. The van der Waals surface area contributed by atoms with E-state index < -0.39 is 6.04 Å². The topological polar surface area (TPSA) is 69.7 Å². The molecule has 4 rings (SSSR count). The minimum absolute atomic E-state index is 0.121. The second kappa shape index (κ2) is 9.45. The van der Waals surface area contributed by atoms with E-state index in [4.69, 9.17) is 0 Å². The first-order chi connectivity index (χ1) is 15.9. The number of nitrogens with zero attached hydrogens (tertiary/aromatic N) is 2. The minimum Gasteiger partial charge on any atom is -0.354 e. The summed E-state index contributed by atoms with van der Waals surface area (Å²) in [5.74, 6) is -0.654. The van der Waals surface area contributed by atoms with E-state index in [9.17, 15) is 14.4 Å². The molecule has 170 valence electrons. The van der Waals surface area contributed by atoms with Gasteiger partial charge in [0.15, 0.2) is 0 Å². The Labute approximate surface area is 194 Å². The average Bonchev–Trinajstić information content (AvgIpc) is 3.08. The molecule has 0 saturated carbocycles. The number of nitrogens with one attached hydrogen (secondary N) is 1. The van der Waals surface area contributed by atoms with Crippen LogP contribution in [0.3, 0.4) is 0 Å². The Hall–Kier alpha value is -3.67. The zero-order valence-corrected chi connectivity index (χ0v) is 19.3. The van der Waals surface area contributed by atoms with E-state index >= 15 is 0 Å². The van der Waals surface area contributed by atoms with Crippen molar-refractivity contribution in [2.24, 2.45) is 0 Å². The molecule has 1 unspecified atom stereocenters. The highest BCUT2D eigenvalue weighted by molar-refractivity contribution is 6.26. The number of carbonyl (C=O) groups is 3. The number of hydrogen-bond acceptors (Lipinski definition) is 3. The standard InChI is InChI=1S/C27H29N3O3/c1-4-14-28-26(32)19(3)29(16-20-9-5-8-18(2)15-20)24(31)17-30-23-13-7-11-21-10-6-12-22(25(21)23)27(30)33/h5-13,15,19H,4,14,16-17H2,1-3H3,(H,28,32). The van der Waals surface area contributed by atoms with Crippen LogP contribution in [0, 0.1) is 6.92 Å². The number of rotatable bonds is 8. The minimum atomic E-state index is -0.666. The van der Waals surface area contributed by atoms with Gasteiger partial charge in [-0.1, -0.05) is 61.0 Å². The van der Waals surface area contributed by atoms with Gasteiger partial charge in [0, 0.05) is 24.0 Å². The third-order valence-electron chi connectivity index (χ3n) is 6.09. The molecule has 0 radical (unpaired) electrons. The van der Waals surface area contributed by atoms with Crippen molar-refractivity contribution < 1.29 is 14.4 Å². The van der Waals surface area contributed by atoms with Gasteiger partial charge < -0.3 is 10.2 Å². The lowest BCUT2D eigenvalue weighted by atomic mass is 10.1. The van der Waals surface area contributed by atoms with Crippen molar-refractivity contribution in [3.63, 3.8) is 0 Å². The van der Waals surface area contributed by atoms with Crippen LogP contribution >= 0.6 is 0 Å². The maximum Gasteiger partial charge on any atom is 0.259 e. The summed E-state index contributed by atoms with van der Waals surface area (Å²) in [4.78, 5) is 42.6. The number of benzene rings is 3. The highest BCUT2D eigenvalue weighted by atomic mass is 16.2. The molecule has 0 spiro atoms. The van der Waals surface area contributed by atoms with E-state index in [-0.39, 0.29) is 24.3 Å². The number of amides is 3. The Morgan fingerprint density at radius 2 is 1.79 bits per heavy atom. The molecular weight excluding hydrogens is 414 g/mol. The summed E-state index contributed by atoms with van der Waals surface area (Å²) in [7, 11) is 0. The van der Waals surface area contributed by atoms with Gasteiger partial charge in [-0.3, -0.25) is 19.3 Å². The lowest BCUT2D eigenvalue weighted by Crippen LogP contribution is -2.51. The number of hydrogen-bond donors (Lipinski definition) is 1. The van der Waals surface area contributed by atoms with Crippen molar-refractivity contribution in [3.8, 4) is 0 Å². The molecule has 6 heteroatoms. The molecule has 1 aliphatic rings. The van der Waals surface area contributed by atoms with Crippen LogP contribution in [0.4, 0.5) is 5.69 Å². The van der Waals surface area contributed by atoms with Gasteiger partial charge in [0.1, 0.15) is 12.6 Å². The molecule has 1 atom stereocenters. The summed E-state index contributed by atoms with van der Waals surface area (Å²) in [6.07, 6.45) is 0.814. The molecule has 1 heterocycles. The smallest absolute Gasteiger partial charge is 0.259 e. The Bertz CT molecular complexity index is 1210. The van der Waals surface area contributed by atoms with Crippen LogP contribution in [-0.2, 0) is 16.1 Å². The van der Waals surface area contributed by atoms with E-state index in [1.54, 1.807) is 17.9 Å². The first-order valence-electron chi connectivity index (χ1n) is 11.4. The summed E-state index contributed by atoms with van der Waals surface area (Å²) in [6, 6.07) is 18.6. The quantitative estimate of drug-likeness (QED) is 0.571. The van der Waals surface area contributed by atoms with E-state index in [1.165, 1.54) is 4.90 Å². The molecule has 3 aromatic carbocycles. The molecule has 3 amide bonds. The van der Waals surface area contributed by atoms with Crippen molar-refractivity contribution in [2.75, 3.05) is 18.0 Å². The monoisotopic (exact) mass is 443 g/mol. The second-order valence-corrected chi connectivity index (χ2v) is 8.55. The largest absolute Gasteiger partial charge is 0.354 e. The van der Waals surface area contributed by atoms with Crippen molar-refractivity contribution in [2.45, 2.75) is 39.8 Å². The zero-order valence-electron chi connectivity index (χ0n) is 19.3. The Kier molecular flexibility index (Phi) is 6.45. The van der Waals surface area contributed by atoms with Crippen LogP contribution in [0.5, 0.6) is 0 Å². The van der Waals surface area contributed by atoms with Gasteiger partial charge in [-0.15, -0.1) is 0 Å². The maximum atomic E-state index is 13.6. The van der Waals surface area contributed by atoms with Crippen molar-refractivity contribution in [1.82, 2.24) is 10.2 Å².